The molecule has 5 rings (SSSR count). The van der Waals surface area contributed by atoms with Gasteiger partial charge in [-0.15, -0.1) is 0 Å². The summed E-state index contributed by atoms with van der Waals surface area (Å²) < 4.78 is 18.5. The van der Waals surface area contributed by atoms with Crippen molar-refractivity contribution in [1.82, 2.24) is 9.80 Å². The molecule has 0 radical (unpaired) electrons. The number of ether oxygens (including phenoxy) is 3. The molecule has 1 aromatic carbocycles. The predicted molar refractivity (Wildman–Crippen MR) is 136 cm³/mol. The van der Waals surface area contributed by atoms with Crippen LogP contribution in [0.15, 0.2) is 33.7 Å². The second kappa shape index (κ2) is 10.00. The van der Waals surface area contributed by atoms with Crippen molar-refractivity contribution in [2.75, 3.05) is 26.9 Å². The van der Waals surface area contributed by atoms with Crippen LogP contribution in [0.3, 0.4) is 0 Å². The van der Waals surface area contributed by atoms with Crippen LogP contribution in [0.2, 0.25) is 0 Å². The molecule has 1 saturated carbocycles. The summed E-state index contributed by atoms with van der Waals surface area (Å²) in [4.78, 5) is 42.3. The zero-order chi connectivity index (χ0) is 25.6. The average molecular weight is 581 g/mol. The Bertz CT molecular complexity index is 1100. The molecule has 194 valence electrons. The Balaban J connectivity index is 1.52. The molecule has 1 aromatic rings. The zero-order valence-corrected chi connectivity index (χ0v) is 22.5. The summed E-state index contributed by atoms with van der Waals surface area (Å²) in [6, 6.07) is 6.95. The fourth-order valence-electron chi connectivity index (χ4n) is 5.22. The minimum atomic E-state index is -1.47. The smallest absolute Gasteiger partial charge is 0.330 e. The summed E-state index contributed by atoms with van der Waals surface area (Å²) in [5.41, 5.74) is 0.127. The lowest BCUT2D eigenvalue weighted by Crippen LogP contribution is -2.65. The van der Waals surface area contributed by atoms with Crippen LogP contribution in [0.1, 0.15) is 44.3 Å². The first kappa shape index (κ1) is 25.6. The van der Waals surface area contributed by atoms with Gasteiger partial charge in [0.15, 0.2) is 0 Å². The highest BCUT2D eigenvalue weighted by Crippen LogP contribution is 2.53. The maximum atomic E-state index is 13.9. The van der Waals surface area contributed by atoms with Crippen LogP contribution in [-0.4, -0.2) is 76.7 Å². The standard InChI is InChI=1S/C25H29BrN2O7S/c1-14-19-21(29)28(25(9-10-25)23(30)31)24(32)27(22(19)36-20(14)26)13-18(35-15-7-11-34-12-8-15)16-5-3-4-6-17(16)33-2/h3-6,15,18-19,22H,7-13H2,1-2H3,(H,30,31)/t18-,19?,22?/m0/s1. The normalized spacial score (nSPS) is 26.8. The lowest BCUT2D eigenvalue weighted by Gasteiger charge is -2.45. The first-order valence-corrected chi connectivity index (χ1v) is 13.7. The summed E-state index contributed by atoms with van der Waals surface area (Å²) in [7, 11) is 1.59. The van der Waals surface area contributed by atoms with E-state index in [9.17, 15) is 19.5 Å². The molecule has 0 aromatic heterocycles. The summed E-state index contributed by atoms with van der Waals surface area (Å²) in [5.74, 6) is -1.57. The number of carboxylic acids is 1. The first-order chi connectivity index (χ1) is 17.3. The van der Waals surface area contributed by atoms with Gasteiger partial charge in [0.05, 0.1) is 29.5 Å². The number of carbonyl (C=O) groups excluding carboxylic acids is 2. The van der Waals surface area contributed by atoms with Crippen LogP contribution in [0.25, 0.3) is 0 Å². The number of urea groups is 1. The number of nitrogens with zero attached hydrogens (tertiary/aromatic N) is 2. The largest absolute Gasteiger partial charge is 0.496 e. The van der Waals surface area contributed by atoms with E-state index in [1.54, 1.807) is 12.0 Å². The second-order valence-corrected chi connectivity index (χ2v) is 12.0. The number of hydrogen-bond acceptors (Lipinski definition) is 7. The fraction of sp³-hybridized carbons (Fsp3) is 0.560. The molecule has 3 amide bonds. The van der Waals surface area contributed by atoms with Crippen LogP contribution in [-0.2, 0) is 19.1 Å². The number of aliphatic carboxylic acids is 1. The van der Waals surface area contributed by atoms with Gasteiger partial charge in [-0.1, -0.05) is 30.0 Å². The van der Waals surface area contributed by atoms with E-state index in [1.165, 1.54) is 11.8 Å². The Morgan fingerprint density at radius 2 is 1.97 bits per heavy atom. The van der Waals surface area contributed by atoms with Crippen molar-refractivity contribution in [2.45, 2.75) is 55.7 Å². The molecule has 1 N–H and O–H groups in total. The third-order valence-corrected chi connectivity index (χ3v) is 9.92. The molecule has 3 atom stereocenters. The van der Waals surface area contributed by atoms with Gasteiger partial charge >= 0.3 is 12.0 Å². The average Bonchev–Trinajstić information content (AvgIpc) is 3.62. The van der Waals surface area contributed by atoms with E-state index >= 15 is 0 Å². The molecule has 2 unspecified atom stereocenters. The predicted octanol–water partition coefficient (Wildman–Crippen LogP) is 4.13. The van der Waals surface area contributed by atoms with Gasteiger partial charge < -0.3 is 24.2 Å². The second-order valence-electron chi connectivity index (χ2n) is 9.57. The number of para-hydroxylation sites is 1. The Morgan fingerprint density at radius 3 is 2.61 bits per heavy atom. The highest BCUT2D eigenvalue weighted by molar-refractivity contribution is 9.14. The van der Waals surface area contributed by atoms with Crippen molar-refractivity contribution in [2.24, 2.45) is 5.92 Å². The van der Waals surface area contributed by atoms with Crippen molar-refractivity contribution in [3.05, 3.63) is 39.2 Å². The number of amides is 3. The number of carboxylic acid groups (broad SMARTS) is 1. The maximum Gasteiger partial charge on any atom is 0.330 e. The molecular formula is C25H29BrN2O7S. The topological polar surface area (TPSA) is 106 Å². The van der Waals surface area contributed by atoms with E-state index in [4.69, 9.17) is 14.2 Å². The maximum absolute atomic E-state index is 13.9. The van der Waals surface area contributed by atoms with E-state index < -0.39 is 40.8 Å². The van der Waals surface area contributed by atoms with Crippen LogP contribution in [0.5, 0.6) is 5.75 Å². The Morgan fingerprint density at radius 1 is 1.28 bits per heavy atom. The lowest BCUT2D eigenvalue weighted by atomic mass is 9.95. The number of thioether (sulfide) groups is 1. The number of halogens is 1. The Kier molecular flexibility index (Phi) is 7.10. The molecule has 3 aliphatic heterocycles. The Labute approximate surface area is 222 Å². The van der Waals surface area contributed by atoms with E-state index in [2.05, 4.69) is 15.9 Å². The van der Waals surface area contributed by atoms with E-state index in [-0.39, 0.29) is 25.5 Å². The Hall–Kier alpha value is -2.08. The highest BCUT2D eigenvalue weighted by Gasteiger charge is 2.65. The summed E-state index contributed by atoms with van der Waals surface area (Å²) in [5, 5.41) is 9.45. The molecule has 4 aliphatic rings. The summed E-state index contributed by atoms with van der Waals surface area (Å²) in [6.07, 6.45) is 1.40. The first-order valence-electron chi connectivity index (χ1n) is 12.1. The van der Waals surface area contributed by atoms with Gasteiger partial charge in [-0.3, -0.25) is 4.79 Å². The molecule has 2 saturated heterocycles. The SMILES string of the molecule is COc1ccccc1[C@H](CN1C(=O)N(C2(C(=O)O)CC2)C(=O)C2C(C)=C(Br)SC21)OC1CCOCC1. The fourth-order valence-corrected chi connectivity index (χ4v) is 7.33. The van der Waals surface area contributed by atoms with Crippen LogP contribution in [0, 0.1) is 5.92 Å². The van der Waals surface area contributed by atoms with E-state index in [0.717, 1.165) is 32.7 Å². The molecule has 36 heavy (non-hydrogen) atoms. The van der Waals surface area contributed by atoms with Crippen molar-refractivity contribution >= 4 is 45.6 Å². The van der Waals surface area contributed by atoms with Crippen LogP contribution < -0.4 is 4.74 Å². The van der Waals surface area contributed by atoms with Crippen molar-refractivity contribution in [3.63, 3.8) is 0 Å². The molecule has 0 bridgehead atoms. The number of fused-ring (bicyclic) bond motifs is 1. The zero-order valence-electron chi connectivity index (χ0n) is 20.1. The minimum Gasteiger partial charge on any atom is -0.496 e. The molecule has 9 nitrogen and oxygen atoms in total. The molecule has 1 aliphatic carbocycles. The van der Waals surface area contributed by atoms with Crippen molar-refractivity contribution < 1.29 is 33.7 Å². The van der Waals surface area contributed by atoms with Gasteiger partial charge in [0.25, 0.3) is 0 Å². The van der Waals surface area contributed by atoms with Crippen molar-refractivity contribution in [1.29, 1.82) is 0 Å². The van der Waals surface area contributed by atoms with Crippen molar-refractivity contribution in [3.8, 4) is 5.75 Å². The van der Waals surface area contributed by atoms with Crippen LogP contribution >= 0.6 is 27.7 Å². The lowest BCUT2D eigenvalue weighted by molar-refractivity contribution is -0.153. The summed E-state index contributed by atoms with van der Waals surface area (Å²) >= 11 is 4.96. The summed E-state index contributed by atoms with van der Waals surface area (Å²) in [6.45, 7) is 3.21. The number of methoxy groups -OCH3 is 1. The molecule has 3 fully saturated rings. The molecule has 3 heterocycles. The minimum absolute atomic E-state index is 0.0568. The van der Waals surface area contributed by atoms with Gasteiger partial charge in [0, 0.05) is 18.8 Å². The van der Waals surface area contributed by atoms with Gasteiger partial charge in [0.1, 0.15) is 22.8 Å². The van der Waals surface area contributed by atoms with Gasteiger partial charge in [-0.05, 0) is 60.2 Å². The highest BCUT2D eigenvalue weighted by atomic mass is 79.9. The van der Waals surface area contributed by atoms with E-state index in [1.807, 2.05) is 31.2 Å². The third kappa shape index (κ3) is 4.33. The third-order valence-electron chi connectivity index (χ3n) is 7.44. The number of hydrogen-bond donors (Lipinski definition) is 1. The van der Waals surface area contributed by atoms with Gasteiger partial charge in [0.2, 0.25) is 5.91 Å². The number of benzene rings is 1. The number of rotatable bonds is 8. The number of imide groups is 1. The van der Waals surface area contributed by atoms with Gasteiger partial charge in [-0.25, -0.2) is 14.5 Å². The van der Waals surface area contributed by atoms with Crippen LogP contribution in [0.4, 0.5) is 4.79 Å². The van der Waals surface area contributed by atoms with Gasteiger partial charge in [-0.2, -0.15) is 0 Å². The molecule has 0 spiro atoms. The molecular weight excluding hydrogens is 552 g/mol. The van der Waals surface area contributed by atoms with E-state index in [0.29, 0.717) is 19.0 Å². The monoisotopic (exact) mass is 580 g/mol. The number of carbonyl (C=O) groups is 3. The quantitative estimate of drug-likeness (QED) is 0.489. The molecule has 11 heteroatoms.